The predicted octanol–water partition coefficient (Wildman–Crippen LogP) is 2.93. The molecule has 2 aliphatic heterocycles. The van der Waals surface area contributed by atoms with Crippen molar-refractivity contribution < 1.29 is 4.74 Å². The fraction of sp³-hybridized carbons (Fsp3) is 0.462. The normalized spacial score (nSPS) is 17.3. The van der Waals surface area contributed by atoms with Crippen LogP contribution in [0.3, 0.4) is 0 Å². The van der Waals surface area contributed by atoms with Gasteiger partial charge in [-0.1, -0.05) is 36.4 Å². The summed E-state index contributed by atoms with van der Waals surface area (Å²) in [7, 11) is 4.11. The molecular weight excluding hydrogens is 412 g/mol. The number of hydrogen-bond donors (Lipinski definition) is 1. The number of aromatic nitrogens is 2. The molecule has 0 aliphatic carbocycles. The van der Waals surface area contributed by atoms with E-state index >= 15 is 0 Å². The molecule has 3 heterocycles. The lowest BCUT2D eigenvalue weighted by atomic mass is 10.0. The molecule has 0 saturated carbocycles. The topological polar surface area (TPSA) is 56.8 Å². The lowest BCUT2D eigenvalue weighted by Gasteiger charge is -2.35. The highest BCUT2D eigenvalue weighted by Crippen LogP contribution is 2.34. The van der Waals surface area contributed by atoms with E-state index in [-0.39, 0.29) is 6.10 Å². The third kappa shape index (κ3) is 4.75. The van der Waals surface area contributed by atoms with Crippen molar-refractivity contribution in [2.24, 2.45) is 0 Å². The van der Waals surface area contributed by atoms with Gasteiger partial charge >= 0.3 is 6.01 Å². The number of rotatable bonds is 6. The van der Waals surface area contributed by atoms with Gasteiger partial charge in [-0.2, -0.15) is 9.97 Å². The van der Waals surface area contributed by atoms with Gasteiger partial charge in [-0.15, -0.1) is 0 Å². The lowest BCUT2D eigenvalue weighted by molar-refractivity contribution is 0.163. The zero-order chi connectivity index (χ0) is 22.8. The Morgan fingerprint density at radius 2 is 1.79 bits per heavy atom. The van der Waals surface area contributed by atoms with Gasteiger partial charge < -0.3 is 24.8 Å². The first kappa shape index (κ1) is 21.9. The van der Waals surface area contributed by atoms with E-state index in [9.17, 15) is 0 Å². The average molecular weight is 447 g/mol. The molecule has 1 fully saturated rings. The number of benzene rings is 2. The van der Waals surface area contributed by atoms with Crippen LogP contribution in [0.15, 0.2) is 42.5 Å². The van der Waals surface area contributed by atoms with Gasteiger partial charge in [-0.3, -0.25) is 0 Å². The van der Waals surface area contributed by atoms with Crippen LogP contribution in [0.25, 0.3) is 10.8 Å². The maximum Gasteiger partial charge on any atom is 0.318 e. The van der Waals surface area contributed by atoms with E-state index in [0.717, 1.165) is 63.7 Å². The first-order valence-electron chi connectivity index (χ1n) is 12.0. The molecule has 0 radical (unpaired) electrons. The van der Waals surface area contributed by atoms with Gasteiger partial charge in [0.25, 0.3) is 0 Å². The Labute approximate surface area is 196 Å². The maximum atomic E-state index is 6.21. The molecule has 5 rings (SSSR count). The van der Waals surface area contributed by atoms with E-state index in [1.165, 1.54) is 22.0 Å². The van der Waals surface area contributed by atoms with Gasteiger partial charge in [0.1, 0.15) is 11.9 Å². The highest BCUT2D eigenvalue weighted by Gasteiger charge is 2.27. The minimum Gasteiger partial charge on any atom is -0.459 e. The van der Waals surface area contributed by atoms with Gasteiger partial charge in [0.2, 0.25) is 0 Å². The van der Waals surface area contributed by atoms with Gasteiger partial charge in [0.05, 0.1) is 12.2 Å². The number of ether oxygens (including phenoxy) is 1. The summed E-state index contributed by atoms with van der Waals surface area (Å²) in [5.41, 5.74) is 3.63. The number of likely N-dealkylation sites (N-methyl/N-ethyl adjacent to an activating group) is 1. The van der Waals surface area contributed by atoms with Crippen LogP contribution in [-0.4, -0.2) is 74.3 Å². The fourth-order valence-electron chi connectivity index (χ4n) is 5.00. The summed E-state index contributed by atoms with van der Waals surface area (Å²) in [5.74, 6) is 1.06. The maximum absolute atomic E-state index is 6.21. The summed E-state index contributed by atoms with van der Waals surface area (Å²) in [4.78, 5) is 16.8. The van der Waals surface area contributed by atoms with Crippen molar-refractivity contribution in [1.29, 1.82) is 0 Å². The smallest absolute Gasteiger partial charge is 0.318 e. The molecule has 7 heteroatoms. The minimum absolute atomic E-state index is 0.0201. The Morgan fingerprint density at radius 3 is 2.61 bits per heavy atom. The lowest BCUT2D eigenvalue weighted by Crippen LogP contribution is -2.45. The first-order chi connectivity index (χ1) is 16.1. The molecule has 0 amide bonds. The molecule has 0 bridgehead atoms. The van der Waals surface area contributed by atoms with Crippen LogP contribution in [0.1, 0.15) is 18.2 Å². The van der Waals surface area contributed by atoms with Crippen LogP contribution in [0, 0.1) is 0 Å². The van der Waals surface area contributed by atoms with Gasteiger partial charge in [0.15, 0.2) is 0 Å². The number of fused-ring (bicyclic) bond motifs is 2. The molecule has 2 aliphatic rings. The SMILES string of the molecule is CC(CN(C)C)Oc1nc2c(c(N3CCNCC3)n1)CCN(c1cccc3ccccc13)C2. The molecule has 1 atom stereocenters. The van der Waals surface area contributed by atoms with Crippen molar-refractivity contribution in [3.8, 4) is 6.01 Å². The summed E-state index contributed by atoms with van der Waals surface area (Å²) in [6, 6.07) is 15.7. The van der Waals surface area contributed by atoms with Gasteiger partial charge in [0, 0.05) is 55.9 Å². The molecule has 0 spiro atoms. The molecule has 33 heavy (non-hydrogen) atoms. The van der Waals surface area contributed by atoms with Crippen molar-refractivity contribution in [2.45, 2.75) is 26.0 Å². The van der Waals surface area contributed by atoms with E-state index in [1.54, 1.807) is 0 Å². The molecule has 1 unspecified atom stereocenters. The van der Waals surface area contributed by atoms with Crippen molar-refractivity contribution in [3.05, 3.63) is 53.7 Å². The zero-order valence-corrected chi connectivity index (χ0v) is 19.9. The number of nitrogens with one attached hydrogen (secondary N) is 1. The standard InChI is InChI=1S/C26H34N6O/c1-19(17-30(2)3)33-26-28-23-18-32(24-10-6-8-20-7-4-5-9-21(20)24)14-11-22(23)25(29-26)31-15-12-27-13-16-31/h4-10,19,27H,11-18H2,1-3H3. The largest absolute Gasteiger partial charge is 0.459 e. The Hall–Kier alpha value is -2.90. The molecule has 2 aromatic carbocycles. The van der Waals surface area contributed by atoms with Crippen LogP contribution >= 0.6 is 0 Å². The number of anilines is 2. The van der Waals surface area contributed by atoms with E-state index in [1.807, 2.05) is 0 Å². The molecule has 1 saturated heterocycles. The second-order valence-electron chi connectivity index (χ2n) is 9.35. The second kappa shape index (κ2) is 9.53. The third-order valence-corrected chi connectivity index (χ3v) is 6.48. The number of nitrogens with zero attached hydrogens (tertiary/aromatic N) is 5. The van der Waals surface area contributed by atoms with E-state index in [0.29, 0.717) is 6.01 Å². The highest BCUT2D eigenvalue weighted by molar-refractivity contribution is 5.94. The van der Waals surface area contributed by atoms with Crippen molar-refractivity contribution in [3.63, 3.8) is 0 Å². The van der Waals surface area contributed by atoms with Crippen LogP contribution in [0.4, 0.5) is 11.5 Å². The van der Waals surface area contributed by atoms with Crippen LogP contribution < -0.4 is 19.9 Å². The van der Waals surface area contributed by atoms with Crippen molar-refractivity contribution in [2.75, 3.05) is 63.2 Å². The quantitative estimate of drug-likeness (QED) is 0.625. The van der Waals surface area contributed by atoms with Crippen molar-refractivity contribution >= 4 is 22.3 Å². The molecule has 1 N–H and O–H groups in total. The molecule has 7 nitrogen and oxygen atoms in total. The fourth-order valence-corrected chi connectivity index (χ4v) is 5.00. The summed E-state index contributed by atoms with van der Waals surface area (Å²) < 4.78 is 6.21. The molecular formula is C26H34N6O. The minimum atomic E-state index is 0.0201. The van der Waals surface area contributed by atoms with Crippen LogP contribution in [0.2, 0.25) is 0 Å². The average Bonchev–Trinajstić information content (AvgIpc) is 2.83. The second-order valence-corrected chi connectivity index (χ2v) is 9.35. The van der Waals surface area contributed by atoms with E-state index < -0.39 is 0 Å². The summed E-state index contributed by atoms with van der Waals surface area (Å²) in [6.07, 6.45) is 0.956. The Balaban J connectivity index is 1.49. The van der Waals surface area contributed by atoms with Gasteiger partial charge in [-0.05, 0) is 38.9 Å². The van der Waals surface area contributed by atoms with Gasteiger partial charge in [-0.25, -0.2) is 0 Å². The van der Waals surface area contributed by atoms with Crippen LogP contribution in [-0.2, 0) is 13.0 Å². The summed E-state index contributed by atoms with van der Waals surface area (Å²) in [5, 5.41) is 6.01. The zero-order valence-electron chi connectivity index (χ0n) is 19.9. The predicted molar refractivity (Wildman–Crippen MR) is 134 cm³/mol. The Kier molecular flexibility index (Phi) is 6.33. The Morgan fingerprint density at radius 1 is 1.00 bits per heavy atom. The first-order valence-corrected chi connectivity index (χ1v) is 12.0. The van der Waals surface area contributed by atoms with Crippen molar-refractivity contribution in [1.82, 2.24) is 20.2 Å². The summed E-state index contributed by atoms with van der Waals surface area (Å²) >= 11 is 0. The van der Waals surface area contributed by atoms with Crippen LogP contribution in [0.5, 0.6) is 6.01 Å². The van der Waals surface area contributed by atoms with E-state index in [2.05, 4.69) is 83.5 Å². The monoisotopic (exact) mass is 446 g/mol. The third-order valence-electron chi connectivity index (χ3n) is 6.48. The summed E-state index contributed by atoms with van der Waals surface area (Å²) in [6.45, 7) is 8.51. The Bertz CT molecular complexity index is 1110. The molecule has 3 aromatic rings. The number of hydrogen-bond acceptors (Lipinski definition) is 7. The molecule has 1 aromatic heterocycles. The highest BCUT2D eigenvalue weighted by atomic mass is 16.5. The van der Waals surface area contributed by atoms with E-state index in [4.69, 9.17) is 14.7 Å². The number of piperazine rings is 1. The molecule has 174 valence electrons.